The Hall–Kier alpha value is -11.1. The molecule has 0 aliphatic carbocycles. The topological polar surface area (TPSA) is 549 Å². The smallest absolute Gasteiger partial charge is 0.416 e. The molecular weight excluding hydrogens is 1660 g/mol. The molecule has 0 aromatic heterocycles. The molecule has 0 saturated carbocycles. The third-order valence-electron chi connectivity index (χ3n) is 21.8. The Morgan fingerprint density at radius 3 is 1.87 bits per heavy atom. The Morgan fingerprint density at radius 1 is 0.683 bits per heavy atom. The highest BCUT2D eigenvalue weighted by Crippen LogP contribution is 2.51. The van der Waals surface area contributed by atoms with Crippen LogP contribution in [0, 0.1) is 5.92 Å². The molecule has 11 bridgehead atoms. The second-order valence-corrected chi connectivity index (χ2v) is 31.7. The summed E-state index contributed by atoms with van der Waals surface area (Å²) >= 11 is 14.3. The quantitative estimate of drug-likeness (QED) is 0.0456. The van der Waals surface area contributed by atoms with Gasteiger partial charge in [0.1, 0.15) is 89.5 Å². The zero-order valence-corrected chi connectivity index (χ0v) is 67.7. The highest BCUT2D eigenvalue weighted by molar-refractivity contribution is 6.32. The fraction of sp³-hybridized carbons (Fsp3) is 0.398. The van der Waals surface area contributed by atoms with Crippen LogP contribution in [0.5, 0.6) is 46.0 Å². The fourth-order valence-corrected chi connectivity index (χ4v) is 15.6. The van der Waals surface area contributed by atoms with Crippen LogP contribution in [0.4, 0.5) is 13.2 Å². The molecule has 14 rings (SSSR count). The van der Waals surface area contributed by atoms with Gasteiger partial charge < -0.3 is 138 Å². The van der Waals surface area contributed by atoms with Crippen molar-refractivity contribution < 1.29 is 136 Å². The van der Waals surface area contributed by atoms with E-state index in [2.05, 4.69) is 47.9 Å². The van der Waals surface area contributed by atoms with Crippen molar-refractivity contribution in [2.24, 2.45) is 11.7 Å². The minimum atomic E-state index is -4.55. The lowest BCUT2D eigenvalue weighted by Gasteiger charge is -2.48. The Kier molecular flexibility index (Phi) is 28.1. The Morgan fingerprint density at radius 2 is 1.28 bits per heavy atom. The molecule has 35 nitrogen and oxygen atoms in total. The number of aromatic hydroxyl groups is 3. The third-order valence-corrected chi connectivity index (χ3v) is 22.4. The molecule has 22 N–H and O–H groups in total. The summed E-state index contributed by atoms with van der Waals surface area (Å²) < 4.78 is 79.6. The van der Waals surface area contributed by atoms with E-state index in [1.165, 1.54) is 38.2 Å². The van der Waals surface area contributed by atoms with Crippen LogP contribution in [0.15, 0.2) is 121 Å². The molecular formula is C83H91Cl2F3N10O25. The number of carboxylic acid groups (broad SMARTS) is 1. The van der Waals surface area contributed by atoms with Gasteiger partial charge in [-0.15, -0.1) is 0 Å². The summed E-state index contributed by atoms with van der Waals surface area (Å²) in [4.78, 5) is 119. The summed E-state index contributed by atoms with van der Waals surface area (Å²) in [6.45, 7) is 4.79. The normalized spacial score (nSPS) is 26.4. The number of aliphatic carboxylic acids is 1. The SMILES string of the molecule is CN[C@H](CC(C)C)C(=O)N[C@H]1C(=O)N[C@@H](CC(N)=O)C(=O)N[C@H]2C(=O)N[C@H]3C(=O)N[C@H](C(=O)N[C@H](C(=O)O)c4cc(O)c(CNCCO)c(O)c4-c4cc3ccc4O)[C@H](O)c3ccc(c(Cl)c3)Oc3cc2cc(c3O[C@@H]2O[C@H](CO)[C@@H](O)[C@H](O)[C@H]2O[C@H]2C[C@](C)(NCc3ccc(-c4ccc(C(F)(F)F)cc4)cc3)[C@H](O)[C@H](C)O2)Oc2ccc(cc2Cl)[C@H]1O. The maximum Gasteiger partial charge on any atom is 0.416 e. The molecule has 7 aliphatic rings. The van der Waals surface area contributed by atoms with E-state index >= 15 is 24.0 Å². The summed E-state index contributed by atoms with van der Waals surface area (Å²) in [5.41, 5.74) is 1.80. The number of benzene rings is 7. The Bertz CT molecular complexity index is 5160. The molecule has 40 heteroatoms. The minimum Gasteiger partial charge on any atom is -0.507 e. The number of phenolic OH excluding ortho intramolecular Hbond substituents is 3. The predicted molar refractivity (Wildman–Crippen MR) is 428 cm³/mol. The zero-order valence-electron chi connectivity index (χ0n) is 66.2. The number of aliphatic hydroxyl groups excluding tert-OH is 7. The summed E-state index contributed by atoms with van der Waals surface area (Å²) in [5, 5.41) is 151. The second-order valence-electron chi connectivity index (χ2n) is 30.9. The van der Waals surface area contributed by atoms with Crippen LogP contribution in [-0.4, -0.2) is 209 Å². The fourth-order valence-electron chi connectivity index (χ4n) is 15.1. The van der Waals surface area contributed by atoms with Crippen LogP contribution >= 0.6 is 23.2 Å². The van der Waals surface area contributed by atoms with Gasteiger partial charge in [-0.1, -0.05) is 91.6 Å². The van der Waals surface area contributed by atoms with Gasteiger partial charge in [0, 0.05) is 48.3 Å². The number of carboxylic acids is 1. The summed E-state index contributed by atoms with van der Waals surface area (Å²) in [7, 11) is 1.46. The molecule has 0 spiro atoms. The van der Waals surface area contributed by atoms with E-state index in [9.17, 15) is 83.7 Å². The summed E-state index contributed by atoms with van der Waals surface area (Å²) in [6, 6.07) is 9.28. The summed E-state index contributed by atoms with van der Waals surface area (Å²) in [5.74, 6) is -16.7. The molecule has 7 aromatic rings. The number of hydrogen-bond donors (Lipinski definition) is 21. The summed E-state index contributed by atoms with van der Waals surface area (Å²) in [6.07, 6.45) is -24.0. The van der Waals surface area contributed by atoms with E-state index in [4.69, 9.17) is 57.4 Å². The zero-order chi connectivity index (χ0) is 89.1. The average Bonchev–Trinajstić information content (AvgIpc) is 0.763. The number of aliphatic hydroxyl groups is 7. The number of halogens is 5. The van der Waals surface area contributed by atoms with Gasteiger partial charge in [0.25, 0.3) is 0 Å². The van der Waals surface area contributed by atoms with Crippen LogP contribution in [0.2, 0.25) is 10.0 Å². The number of phenols is 3. The van der Waals surface area contributed by atoms with E-state index in [1.807, 2.05) is 0 Å². The van der Waals surface area contributed by atoms with Crippen molar-refractivity contribution in [3.63, 3.8) is 0 Å². The molecule has 0 radical (unpaired) electrons. The molecule has 0 unspecified atom stereocenters. The minimum absolute atomic E-state index is 0.0651. The highest BCUT2D eigenvalue weighted by atomic mass is 35.5. The standard InChI is InChI=1S/C83H91Cl2F3N10O25/c1-34(2)22-49(90-5)74(110)97-64-66(104)40-13-18-53(47(84)24-40)119-55-26-42-27-56(71(55)123-81-72(70(108)69(107)57(33-100)121-81)122-59-30-82(4,73(109)35(3)118-59)92-31-36-6-8-37(9-7-36)38-10-15-43(16-11-38)83(86,87)88)120-54-19-14-41(25-48(54)85)67(105)65-79(115)96-63(80(116)117)45-28-52(102)46(32-91-20-21-99)68(106)60(45)44-23-39(12-17-51(44)101)61(76(112)98-65)95-77(113)62(42)94-75(111)50(29-58(89)103)93-78(64)114/h6-19,23-28,34-35,49-50,57,59,61-67,69-70,72-73,81,90-92,99-102,104-109H,20-22,29-33H2,1-5H3,(H2,89,103)(H,93,114)(H,94,111)(H,95,113)(H,96,115)(H,97,110)(H,98,112)(H,116,117)/t35-,49+,50-,57+,59-,61+,62+,63-,64+,65-,66+,67+,69+,70-,72+,73+,81-,82-/m0/s1. The molecule has 7 amide bonds. The number of nitrogens with two attached hydrogens (primary N) is 1. The van der Waals surface area contributed by atoms with Crippen molar-refractivity contribution in [1.82, 2.24) is 47.9 Å². The molecule has 7 aliphatic heterocycles. The van der Waals surface area contributed by atoms with Gasteiger partial charge in [-0.2, -0.15) is 13.2 Å². The van der Waals surface area contributed by atoms with Crippen LogP contribution in [-0.2, 0) is 71.8 Å². The molecule has 7 heterocycles. The molecule has 2 fully saturated rings. The molecule has 658 valence electrons. The van der Waals surface area contributed by atoms with E-state index in [0.29, 0.717) is 16.7 Å². The number of ether oxygens (including phenoxy) is 6. The van der Waals surface area contributed by atoms with Crippen LogP contribution < -0.4 is 67.8 Å². The van der Waals surface area contributed by atoms with Crippen LogP contribution in [0.1, 0.15) is 122 Å². The number of likely N-dealkylation sites (N-methyl/N-ethyl adjacent to an activating group) is 1. The van der Waals surface area contributed by atoms with Crippen molar-refractivity contribution in [3.05, 3.63) is 176 Å². The number of fused-ring (bicyclic) bond motifs is 15. The van der Waals surface area contributed by atoms with Crippen molar-refractivity contribution in [2.75, 3.05) is 26.8 Å². The highest BCUT2D eigenvalue weighted by Gasteiger charge is 2.53. The molecule has 2 saturated heterocycles. The Labute approximate surface area is 709 Å². The van der Waals surface area contributed by atoms with Crippen molar-refractivity contribution in [2.45, 2.75) is 175 Å². The average molecular weight is 1760 g/mol. The Balaban J connectivity index is 1.03. The van der Waals surface area contributed by atoms with Crippen molar-refractivity contribution in [1.29, 1.82) is 0 Å². The number of carbonyl (C=O) groups is 8. The second kappa shape index (κ2) is 38.0. The first kappa shape index (κ1) is 91.2. The maximum atomic E-state index is 16.3. The van der Waals surface area contributed by atoms with Crippen molar-refractivity contribution in [3.8, 4) is 68.2 Å². The molecule has 123 heavy (non-hydrogen) atoms. The number of carbonyl (C=O) groups excluding carboxylic acids is 7. The number of primary amides is 1. The largest absolute Gasteiger partial charge is 0.507 e. The number of rotatable bonds is 21. The first-order valence-corrected chi connectivity index (χ1v) is 39.6. The van der Waals surface area contributed by atoms with Gasteiger partial charge in [-0.05, 0) is 139 Å². The molecule has 18 atom stereocenters. The predicted octanol–water partition coefficient (Wildman–Crippen LogP) is 3.70. The van der Waals surface area contributed by atoms with Gasteiger partial charge in [-0.25, -0.2) is 4.79 Å². The van der Waals surface area contributed by atoms with Gasteiger partial charge in [0.05, 0.1) is 59.1 Å². The van der Waals surface area contributed by atoms with E-state index in [1.54, 1.807) is 45.0 Å². The van der Waals surface area contributed by atoms with Gasteiger partial charge in [0.2, 0.25) is 53.4 Å². The monoisotopic (exact) mass is 1750 g/mol. The number of nitrogens with one attached hydrogen (secondary N) is 9. The third kappa shape index (κ3) is 20.1. The lowest BCUT2D eigenvalue weighted by molar-refractivity contribution is -0.334. The van der Waals surface area contributed by atoms with Crippen molar-refractivity contribution >= 4 is 70.5 Å². The van der Waals surface area contributed by atoms with Crippen LogP contribution in [0.25, 0.3) is 22.3 Å². The van der Waals surface area contributed by atoms with E-state index < -0.39 is 278 Å². The van der Waals surface area contributed by atoms with Gasteiger partial charge in [-0.3, -0.25) is 33.6 Å². The maximum absolute atomic E-state index is 16.3. The lowest BCUT2D eigenvalue weighted by atomic mass is 9.84. The first-order valence-electron chi connectivity index (χ1n) is 38.8. The number of amides is 7. The lowest BCUT2D eigenvalue weighted by Crippen LogP contribution is -2.65. The van der Waals surface area contributed by atoms with Gasteiger partial charge in [0.15, 0.2) is 29.9 Å². The first-order chi connectivity index (χ1) is 58.3. The van der Waals surface area contributed by atoms with E-state index in [-0.39, 0.29) is 48.5 Å². The molecule has 7 aromatic carbocycles. The van der Waals surface area contributed by atoms with Gasteiger partial charge >= 0.3 is 12.1 Å². The number of alkyl halides is 3. The number of hydrogen-bond acceptors (Lipinski definition) is 27. The van der Waals surface area contributed by atoms with Crippen LogP contribution in [0.3, 0.4) is 0 Å². The van der Waals surface area contributed by atoms with E-state index in [0.717, 1.165) is 72.8 Å².